The van der Waals surface area contributed by atoms with E-state index in [1.165, 1.54) is 17.3 Å². The minimum atomic E-state index is -1.13. The van der Waals surface area contributed by atoms with Crippen molar-refractivity contribution >= 4 is 19.7 Å². The summed E-state index contributed by atoms with van der Waals surface area (Å²) >= 11 is 5.73. The largest absolute Gasteiger partial charge is 0.122 e. The molecule has 0 aromatic carbocycles. The van der Waals surface area contributed by atoms with Crippen LogP contribution < -0.4 is 0 Å². The Balaban J connectivity index is 4.17. The van der Waals surface area contributed by atoms with Gasteiger partial charge in [-0.15, -0.1) is 18.2 Å². The van der Waals surface area contributed by atoms with E-state index in [2.05, 4.69) is 27.0 Å². The maximum Gasteiger partial charge on any atom is 0.0787 e. The van der Waals surface area contributed by atoms with Crippen molar-refractivity contribution in [2.24, 2.45) is 0 Å². The molecule has 0 fully saturated rings. The summed E-state index contributed by atoms with van der Waals surface area (Å²) in [6.45, 7) is 10.9. The van der Waals surface area contributed by atoms with Crippen molar-refractivity contribution in [2.45, 2.75) is 32.5 Å². The highest BCUT2D eigenvalue weighted by Crippen LogP contribution is 2.23. The van der Waals surface area contributed by atoms with Gasteiger partial charge in [0.1, 0.15) is 0 Å². The lowest BCUT2D eigenvalue weighted by atomic mass is 10.7. The summed E-state index contributed by atoms with van der Waals surface area (Å²) in [5.74, 6) is 0.657. The summed E-state index contributed by atoms with van der Waals surface area (Å²) in [5.41, 5.74) is 0. The fraction of sp³-hybridized carbons (Fsp3) is 0.750. The van der Waals surface area contributed by atoms with E-state index in [-0.39, 0.29) is 0 Å². The molecule has 0 atom stereocenters. The van der Waals surface area contributed by atoms with Gasteiger partial charge in [0.05, 0.1) is 8.07 Å². The number of hydrogen-bond acceptors (Lipinski definition) is 0. The molecule has 0 unspecified atom stereocenters. The Labute approximate surface area is 70.3 Å². The molecule has 0 rings (SSSR count). The molecule has 0 aliphatic rings. The van der Waals surface area contributed by atoms with Crippen molar-refractivity contribution in [1.29, 1.82) is 0 Å². The van der Waals surface area contributed by atoms with E-state index in [1.54, 1.807) is 0 Å². The maximum absolute atomic E-state index is 5.73. The van der Waals surface area contributed by atoms with Crippen LogP contribution in [0.2, 0.25) is 18.6 Å². The van der Waals surface area contributed by atoms with Crippen LogP contribution in [-0.2, 0) is 0 Å². The highest BCUT2D eigenvalue weighted by molar-refractivity contribution is 6.85. The summed E-state index contributed by atoms with van der Waals surface area (Å²) in [6.07, 6.45) is 0. The smallest absolute Gasteiger partial charge is 0.0787 e. The van der Waals surface area contributed by atoms with Gasteiger partial charge in [-0.2, -0.15) is 0 Å². The second kappa shape index (κ2) is 4.19. The zero-order valence-corrected chi connectivity index (χ0v) is 8.96. The lowest BCUT2D eigenvalue weighted by Gasteiger charge is -2.25. The first kappa shape index (κ1) is 10.2. The van der Waals surface area contributed by atoms with Crippen LogP contribution in [0.25, 0.3) is 0 Å². The van der Waals surface area contributed by atoms with Crippen molar-refractivity contribution in [3.05, 3.63) is 11.8 Å². The summed E-state index contributed by atoms with van der Waals surface area (Å²) in [6, 6.07) is 2.55. The first-order chi connectivity index (χ1) is 4.60. The zero-order valence-electron chi connectivity index (χ0n) is 7.21. The monoisotopic (exact) mass is 176 g/mol. The number of alkyl halides is 1. The second-order valence-electron chi connectivity index (χ2n) is 3.00. The van der Waals surface area contributed by atoms with Gasteiger partial charge in [-0.1, -0.05) is 37.7 Å². The fourth-order valence-electron chi connectivity index (χ4n) is 0.911. The molecule has 60 valence electrons. The first-order valence-electron chi connectivity index (χ1n) is 3.85. The predicted octanol–water partition coefficient (Wildman–Crippen LogP) is 3.44. The van der Waals surface area contributed by atoms with Crippen LogP contribution in [0.4, 0.5) is 0 Å². The second-order valence-corrected chi connectivity index (χ2v) is 8.51. The Bertz CT molecular complexity index is 116. The van der Waals surface area contributed by atoms with E-state index in [9.17, 15) is 0 Å². The van der Waals surface area contributed by atoms with Gasteiger partial charge in [0.15, 0.2) is 0 Å². The minimum Gasteiger partial charge on any atom is -0.122 e. The third kappa shape index (κ3) is 2.13. The van der Waals surface area contributed by atoms with Gasteiger partial charge in [0.2, 0.25) is 0 Å². The molecule has 0 saturated heterocycles. The lowest BCUT2D eigenvalue weighted by Crippen LogP contribution is -2.31. The first-order valence-corrected chi connectivity index (χ1v) is 7.29. The average Bonchev–Trinajstić information content (AvgIpc) is 2.01. The number of allylic oxidation sites excluding steroid dienone is 1. The molecule has 0 radical (unpaired) electrons. The highest BCUT2D eigenvalue weighted by Gasteiger charge is 2.24. The molecule has 0 aliphatic heterocycles. The third-order valence-electron chi connectivity index (χ3n) is 2.58. The van der Waals surface area contributed by atoms with Crippen LogP contribution in [0.1, 0.15) is 13.8 Å². The molecule has 0 N–H and O–H groups in total. The van der Waals surface area contributed by atoms with Gasteiger partial charge in [0, 0.05) is 5.88 Å². The Kier molecular flexibility index (Phi) is 4.30. The lowest BCUT2D eigenvalue weighted by molar-refractivity contribution is 1.24. The van der Waals surface area contributed by atoms with Gasteiger partial charge < -0.3 is 0 Å². The summed E-state index contributed by atoms with van der Waals surface area (Å²) in [4.78, 5) is 0. The van der Waals surface area contributed by atoms with E-state index in [0.29, 0.717) is 5.88 Å². The quantitative estimate of drug-likeness (QED) is 0.455. The molecule has 2 heteroatoms. The molecule has 0 amide bonds. The van der Waals surface area contributed by atoms with Crippen LogP contribution in [0.3, 0.4) is 0 Å². The molecule has 10 heavy (non-hydrogen) atoms. The van der Waals surface area contributed by atoms with Crippen molar-refractivity contribution in [2.75, 3.05) is 5.88 Å². The maximum atomic E-state index is 5.73. The van der Waals surface area contributed by atoms with E-state index in [4.69, 9.17) is 11.6 Å². The summed E-state index contributed by atoms with van der Waals surface area (Å²) in [5, 5.41) is 1.30. The standard InChI is InChI=1S/C8H17ClSi/c1-5-10(4,6-2)8(3)7-9/h3,5-7H2,1-2,4H3. The van der Waals surface area contributed by atoms with E-state index < -0.39 is 8.07 Å². The molecule has 0 nitrogen and oxygen atoms in total. The van der Waals surface area contributed by atoms with Crippen LogP contribution in [0, 0.1) is 0 Å². The molecule has 0 aromatic rings. The molecular weight excluding hydrogens is 160 g/mol. The van der Waals surface area contributed by atoms with E-state index in [0.717, 1.165) is 0 Å². The zero-order chi connectivity index (χ0) is 8.20. The number of halogens is 1. The Hall–Kier alpha value is 0.247. The van der Waals surface area contributed by atoms with Gasteiger partial charge in [-0.25, -0.2) is 0 Å². The van der Waals surface area contributed by atoms with Crippen molar-refractivity contribution in [3.8, 4) is 0 Å². The van der Waals surface area contributed by atoms with E-state index >= 15 is 0 Å². The molecular formula is C8H17ClSi. The Morgan fingerprint density at radius 2 is 1.80 bits per heavy atom. The summed E-state index contributed by atoms with van der Waals surface area (Å²) < 4.78 is 0. The van der Waals surface area contributed by atoms with Crippen molar-refractivity contribution in [3.63, 3.8) is 0 Å². The number of rotatable bonds is 4. The molecule has 0 aromatic heterocycles. The van der Waals surface area contributed by atoms with Crippen molar-refractivity contribution in [1.82, 2.24) is 0 Å². The van der Waals surface area contributed by atoms with Crippen LogP contribution in [0.5, 0.6) is 0 Å². The topological polar surface area (TPSA) is 0 Å². The average molecular weight is 177 g/mol. The van der Waals surface area contributed by atoms with Gasteiger partial charge in [0.25, 0.3) is 0 Å². The van der Waals surface area contributed by atoms with Crippen LogP contribution >= 0.6 is 11.6 Å². The molecule has 0 bridgehead atoms. The summed E-state index contributed by atoms with van der Waals surface area (Å²) in [7, 11) is -1.13. The van der Waals surface area contributed by atoms with E-state index in [1.807, 2.05) is 0 Å². The predicted molar refractivity (Wildman–Crippen MR) is 52.4 cm³/mol. The van der Waals surface area contributed by atoms with Crippen LogP contribution in [-0.4, -0.2) is 14.0 Å². The normalized spacial score (nSPS) is 11.6. The van der Waals surface area contributed by atoms with Gasteiger partial charge in [-0.05, 0) is 0 Å². The third-order valence-corrected chi connectivity index (χ3v) is 8.13. The van der Waals surface area contributed by atoms with Crippen molar-refractivity contribution < 1.29 is 0 Å². The molecule has 0 aliphatic carbocycles. The van der Waals surface area contributed by atoms with Gasteiger partial charge >= 0.3 is 0 Å². The molecule has 0 spiro atoms. The van der Waals surface area contributed by atoms with Crippen LogP contribution in [0.15, 0.2) is 11.8 Å². The number of hydrogen-bond donors (Lipinski definition) is 0. The Morgan fingerprint density at radius 1 is 1.40 bits per heavy atom. The SMILES string of the molecule is C=C(CCl)[Si](C)(CC)CC. The van der Waals surface area contributed by atoms with Gasteiger partial charge in [-0.3, -0.25) is 0 Å². The fourth-order valence-corrected chi connectivity index (χ4v) is 3.70. The highest BCUT2D eigenvalue weighted by atomic mass is 35.5. The minimum absolute atomic E-state index is 0.657. The molecule has 0 heterocycles. The molecule has 0 saturated carbocycles. The Morgan fingerprint density at radius 3 is 1.90 bits per heavy atom.